The third kappa shape index (κ3) is 4.11. The number of benzene rings is 2. The third-order valence-corrected chi connectivity index (χ3v) is 6.61. The third-order valence-electron chi connectivity index (χ3n) is 4.69. The maximum atomic E-state index is 12.6. The van der Waals surface area contributed by atoms with Gasteiger partial charge in [0.15, 0.2) is 5.78 Å². The summed E-state index contributed by atoms with van der Waals surface area (Å²) in [6.07, 6.45) is 6.19. The Kier molecular flexibility index (Phi) is 5.69. The molecular weight excluding hydrogens is 346 g/mol. The molecule has 0 bridgehead atoms. The van der Waals surface area contributed by atoms with Crippen molar-refractivity contribution in [3.63, 3.8) is 0 Å². The van der Waals surface area contributed by atoms with Crippen LogP contribution in [0.15, 0.2) is 59.5 Å². The monoisotopic (exact) mass is 369 g/mol. The van der Waals surface area contributed by atoms with Crippen LogP contribution in [0, 0.1) is 6.92 Å². The summed E-state index contributed by atoms with van der Waals surface area (Å²) < 4.78 is 26.8. The number of aryl methyl sites for hydroxylation is 1. The number of ketones is 1. The molecule has 3 rings (SSSR count). The molecule has 2 aromatic carbocycles. The second-order valence-electron chi connectivity index (χ2n) is 6.54. The SMILES string of the molecule is Cc1ccccc1/C=C/C(=O)c1ccc(S(=O)(=O)N2CCCCC2)cc1. The van der Waals surface area contributed by atoms with Crippen LogP contribution in [0.5, 0.6) is 0 Å². The molecule has 1 aliphatic rings. The number of nitrogens with zero attached hydrogens (tertiary/aromatic N) is 1. The molecule has 0 aromatic heterocycles. The average Bonchev–Trinajstić information content (AvgIpc) is 2.68. The number of hydrogen-bond acceptors (Lipinski definition) is 3. The van der Waals surface area contributed by atoms with Gasteiger partial charge in [0, 0.05) is 18.7 Å². The highest BCUT2D eigenvalue weighted by Gasteiger charge is 2.25. The maximum Gasteiger partial charge on any atom is 0.243 e. The van der Waals surface area contributed by atoms with E-state index >= 15 is 0 Å². The van der Waals surface area contributed by atoms with Crippen molar-refractivity contribution in [2.75, 3.05) is 13.1 Å². The zero-order valence-corrected chi connectivity index (χ0v) is 15.7. The second-order valence-corrected chi connectivity index (χ2v) is 8.48. The van der Waals surface area contributed by atoms with Crippen LogP contribution >= 0.6 is 0 Å². The summed E-state index contributed by atoms with van der Waals surface area (Å²) in [5.41, 5.74) is 2.57. The van der Waals surface area contributed by atoms with Crippen LogP contribution in [0.4, 0.5) is 0 Å². The van der Waals surface area contributed by atoms with Gasteiger partial charge in [0.1, 0.15) is 0 Å². The molecule has 2 aromatic rings. The highest BCUT2D eigenvalue weighted by Crippen LogP contribution is 2.21. The Labute approximate surface area is 155 Å². The Morgan fingerprint density at radius 1 is 0.962 bits per heavy atom. The second kappa shape index (κ2) is 7.98. The molecule has 0 unspecified atom stereocenters. The molecule has 136 valence electrons. The van der Waals surface area contributed by atoms with Crippen molar-refractivity contribution < 1.29 is 13.2 Å². The lowest BCUT2D eigenvalue weighted by Crippen LogP contribution is -2.35. The van der Waals surface area contributed by atoms with Gasteiger partial charge in [0.2, 0.25) is 10.0 Å². The average molecular weight is 369 g/mol. The van der Waals surface area contributed by atoms with Gasteiger partial charge >= 0.3 is 0 Å². The lowest BCUT2D eigenvalue weighted by Gasteiger charge is -2.25. The molecule has 4 nitrogen and oxygen atoms in total. The highest BCUT2D eigenvalue weighted by atomic mass is 32.2. The molecular formula is C21H23NO3S. The number of carbonyl (C=O) groups excluding carboxylic acids is 1. The first-order chi connectivity index (χ1) is 12.5. The quantitative estimate of drug-likeness (QED) is 0.590. The fraction of sp³-hybridized carbons (Fsp3) is 0.286. The first-order valence-electron chi connectivity index (χ1n) is 8.87. The van der Waals surface area contributed by atoms with Gasteiger partial charge in [-0.15, -0.1) is 0 Å². The first kappa shape index (κ1) is 18.5. The predicted molar refractivity (Wildman–Crippen MR) is 104 cm³/mol. The Morgan fingerprint density at radius 3 is 2.27 bits per heavy atom. The topological polar surface area (TPSA) is 54.5 Å². The van der Waals surface area contributed by atoms with Crippen LogP contribution in [0.2, 0.25) is 0 Å². The predicted octanol–water partition coefficient (Wildman–Crippen LogP) is 4.07. The lowest BCUT2D eigenvalue weighted by molar-refractivity contribution is 0.104. The van der Waals surface area contributed by atoms with E-state index in [1.807, 2.05) is 31.2 Å². The van der Waals surface area contributed by atoms with Crippen molar-refractivity contribution in [1.82, 2.24) is 4.31 Å². The van der Waals surface area contributed by atoms with Gasteiger partial charge in [-0.3, -0.25) is 4.79 Å². The summed E-state index contributed by atoms with van der Waals surface area (Å²) in [6.45, 7) is 3.13. The number of sulfonamides is 1. The number of piperidine rings is 1. The van der Waals surface area contributed by atoms with Crippen molar-refractivity contribution >= 4 is 21.9 Å². The van der Waals surface area contributed by atoms with E-state index in [1.54, 1.807) is 18.2 Å². The summed E-state index contributed by atoms with van der Waals surface area (Å²) >= 11 is 0. The maximum absolute atomic E-state index is 12.6. The number of allylic oxidation sites excluding steroid dienone is 1. The van der Waals surface area contributed by atoms with Crippen molar-refractivity contribution in [2.24, 2.45) is 0 Å². The van der Waals surface area contributed by atoms with E-state index in [0.29, 0.717) is 18.7 Å². The summed E-state index contributed by atoms with van der Waals surface area (Å²) in [4.78, 5) is 12.6. The summed E-state index contributed by atoms with van der Waals surface area (Å²) in [5.74, 6) is -0.143. The van der Waals surface area contributed by atoms with E-state index in [1.165, 1.54) is 22.5 Å². The van der Waals surface area contributed by atoms with Gasteiger partial charge in [0.25, 0.3) is 0 Å². The molecule has 0 aliphatic carbocycles. The van der Waals surface area contributed by atoms with E-state index < -0.39 is 10.0 Å². The minimum Gasteiger partial charge on any atom is -0.289 e. The minimum atomic E-state index is -3.46. The van der Waals surface area contributed by atoms with Gasteiger partial charge in [-0.25, -0.2) is 8.42 Å². The van der Waals surface area contributed by atoms with Crippen molar-refractivity contribution in [3.8, 4) is 0 Å². The fourth-order valence-corrected chi connectivity index (χ4v) is 4.60. The summed E-state index contributed by atoms with van der Waals surface area (Å²) in [6, 6.07) is 14.0. The highest BCUT2D eigenvalue weighted by molar-refractivity contribution is 7.89. The van der Waals surface area contributed by atoms with Crippen LogP contribution in [0.25, 0.3) is 6.08 Å². The molecule has 0 saturated carbocycles. The standard InChI is InChI=1S/C21H23NO3S/c1-17-7-3-4-8-18(17)11-14-21(23)19-9-12-20(13-10-19)26(24,25)22-15-5-2-6-16-22/h3-4,7-14H,2,5-6,15-16H2,1H3/b14-11+. The molecule has 0 radical (unpaired) electrons. The van der Waals surface area contributed by atoms with Crippen LogP contribution in [0.1, 0.15) is 40.7 Å². The van der Waals surface area contributed by atoms with E-state index in [4.69, 9.17) is 0 Å². The van der Waals surface area contributed by atoms with E-state index in [-0.39, 0.29) is 10.7 Å². The molecule has 0 spiro atoms. The lowest BCUT2D eigenvalue weighted by atomic mass is 10.1. The van der Waals surface area contributed by atoms with Crippen molar-refractivity contribution in [3.05, 3.63) is 71.3 Å². The molecule has 1 saturated heterocycles. The Bertz CT molecular complexity index is 909. The van der Waals surface area contributed by atoms with Crippen LogP contribution in [-0.2, 0) is 10.0 Å². The summed E-state index contributed by atoms with van der Waals surface area (Å²) in [5, 5.41) is 0. The number of rotatable bonds is 5. The summed E-state index contributed by atoms with van der Waals surface area (Å²) in [7, 11) is -3.46. The van der Waals surface area contributed by atoms with Gasteiger partial charge < -0.3 is 0 Å². The molecule has 1 aliphatic heterocycles. The van der Waals surface area contributed by atoms with E-state index in [9.17, 15) is 13.2 Å². The zero-order chi connectivity index (χ0) is 18.6. The Balaban J connectivity index is 1.75. The van der Waals surface area contributed by atoms with Gasteiger partial charge in [-0.1, -0.05) is 36.8 Å². The molecule has 0 atom stereocenters. The molecule has 0 N–H and O–H groups in total. The van der Waals surface area contributed by atoms with Gasteiger partial charge in [-0.2, -0.15) is 4.31 Å². The normalized spacial score (nSPS) is 16.0. The fourth-order valence-electron chi connectivity index (χ4n) is 3.08. The number of carbonyl (C=O) groups is 1. The Hall–Kier alpha value is -2.24. The molecule has 1 heterocycles. The van der Waals surface area contributed by atoms with Crippen LogP contribution < -0.4 is 0 Å². The smallest absolute Gasteiger partial charge is 0.243 e. The molecule has 1 fully saturated rings. The Morgan fingerprint density at radius 2 is 1.62 bits per heavy atom. The van der Waals surface area contributed by atoms with E-state index in [0.717, 1.165) is 30.4 Å². The largest absolute Gasteiger partial charge is 0.289 e. The van der Waals surface area contributed by atoms with Gasteiger partial charge in [0.05, 0.1) is 4.90 Å². The molecule has 0 amide bonds. The van der Waals surface area contributed by atoms with Crippen molar-refractivity contribution in [2.45, 2.75) is 31.1 Å². The molecule has 5 heteroatoms. The van der Waals surface area contributed by atoms with Crippen LogP contribution in [0.3, 0.4) is 0 Å². The number of hydrogen-bond donors (Lipinski definition) is 0. The first-order valence-corrected chi connectivity index (χ1v) is 10.3. The van der Waals surface area contributed by atoms with Crippen molar-refractivity contribution in [1.29, 1.82) is 0 Å². The zero-order valence-electron chi connectivity index (χ0n) is 14.9. The van der Waals surface area contributed by atoms with Gasteiger partial charge in [-0.05, 0) is 61.2 Å². The van der Waals surface area contributed by atoms with Crippen LogP contribution in [-0.4, -0.2) is 31.6 Å². The van der Waals surface area contributed by atoms with E-state index in [2.05, 4.69) is 0 Å². The molecule has 26 heavy (non-hydrogen) atoms. The minimum absolute atomic E-state index is 0.143.